The molecule has 1 saturated heterocycles. The number of amides is 2. The molecule has 0 radical (unpaired) electrons. The fraction of sp³-hybridized carbons (Fsp3) is 0.429. The Bertz CT molecular complexity index is 550. The molecule has 1 heterocycles. The van der Waals surface area contributed by atoms with E-state index in [-0.39, 0.29) is 29.3 Å². The summed E-state index contributed by atoms with van der Waals surface area (Å²) in [5.74, 6) is -1.06. The second kappa shape index (κ2) is 5.79. The number of nitrogens with zero attached hydrogens (tertiary/aromatic N) is 1. The van der Waals surface area contributed by atoms with Crippen LogP contribution in [0.1, 0.15) is 20.3 Å². The lowest BCUT2D eigenvalue weighted by Gasteiger charge is -2.35. The Morgan fingerprint density at radius 2 is 2.20 bits per heavy atom. The first-order chi connectivity index (χ1) is 9.43. The number of carbonyl (C=O) groups is 2. The van der Waals surface area contributed by atoms with Crippen LogP contribution in [-0.4, -0.2) is 24.4 Å². The summed E-state index contributed by atoms with van der Waals surface area (Å²) in [6.07, 6.45) is 0.763. The van der Waals surface area contributed by atoms with E-state index in [0.29, 0.717) is 5.69 Å². The molecule has 2 unspecified atom stereocenters. The monoisotopic (exact) mass is 298 g/mol. The molecule has 0 saturated carbocycles. The predicted octanol–water partition coefficient (Wildman–Crippen LogP) is 2.36. The number of hydrogen-bond donors (Lipinski definition) is 1. The van der Waals surface area contributed by atoms with Gasteiger partial charge in [-0.15, -0.1) is 0 Å². The third-order valence-corrected chi connectivity index (χ3v) is 3.88. The SMILES string of the molecule is CCC(C)C1NC(=O)CN(c2ccc(Cl)c(F)c2)C1=O. The van der Waals surface area contributed by atoms with Gasteiger partial charge in [-0.1, -0.05) is 31.9 Å². The fourth-order valence-corrected chi connectivity index (χ4v) is 2.28. The molecule has 1 aromatic carbocycles. The molecule has 1 aromatic rings. The van der Waals surface area contributed by atoms with Gasteiger partial charge in [0.2, 0.25) is 11.8 Å². The van der Waals surface area contributed by atoms with Gasteiger partial charge in [-0.3, -0.25) is 9.59 Å². The Labute approximate surface area is 121 Å². The summed E-state index contributed by atoms with van der Waals surface area (Å²) in [6, 6.07) is 3.52. The van der Waals surface area contributed by atoms with Gasteiger partial charge in [-0.05, 0) is 24.1 Å². The summed E-state index contributed by atoms with van der Waals surface area (Å²) in [7, 11) is 0. The number of nitrogens with one attached hydrogen (secondary N) is 1. The number of carbonyl (C=O) groups excluding carboxylic acids is 2. The van der Waals surface area contributed by atoms with Crippen molar-refractivity contribution in [3.05, 3.63) is 29.0 Å². The molecular weight excluding hydrogens is 283 g/mol. The highest BCUT2D eigenvalue weighted by Crippen LogP contribution is 2.25. The molecule has 20 heavy (non-hydrogen) atoms. The minimum atomic E-state index is -0.608. The molecule has 2 rings (SSSR count). The van der Waals surface area contributed by atoms with E-state index in [0.717, 1.165) is 6.42 Å². The second-order valence-electron chi connectivity index (χ2n) is 4.95. The molecule has 2 atom stereocenters. The zero-order valence-electron chi connectivity index (χ0n) is 11.3. The van der Waals surface area contributed by atoms with Gasteiger partial charge in [-0.25, -0.2) is 4.39 Å². The van der Waals surface area contributed by atoms with Gasteiger partial charge >= 0.3 is 0 Å². The molecule has 108 valence electrons. The van der Waals surface area contributed by atoms with E-state index in [9.17, 15) is 14.0 Å². The lowest BCUT2D eigenvalue weighted by molar-refractivity contribution is -0.132. The van der Waals surface area contributed by atoms with Gasteiger partial charge in [0, 0.05) is 5.69 Å². The molecule has 0 aromatic heterocycles. The van der Waals surface area contributed by atoms with Gasteiger partial charge in [0.15, 0.2) is 0 Å². The molecular formula is C14H16ClFN2O2. The Kier molecular flexibility index (Phi) is 4.28. The van der Waals surface area contributed by atoms with Gasteiger partial charge in [0.25, 0.3) is 0 Å². The average Bonchev–Trinajstić information content (AvgIpc) is 2.43. The van der Waals surface area contributed by atoms with Crippen molar-refractivity contribution in [2.75, 3.05) is 11.4 Å². The van der Waals surface area contributed by atoms with Gasteiger partial charge < -0.3 is 10.2 Å². The number of benzene rings is 1. The van der Waals surface area contributed by atoms with E-state index in [1.54, 1.807) is 0 Å². The van der Waals surface area contributed by atoms with Gasteiger partial charge in [-0.2, -0.15) is 0 Å². The lowest BCUT2D eigenvalue weighted by Crippen LogP contribution is -2.60. The topological polar surface area (TPSA) is 49.4 Å². The first-order valence-corrected chi connectivity index (χ1v) is 6.87. The normalized spacial score (nSPS) is 20.8. The van der Waals surface area contributed by atoms with E-state index in [4.69, 9.17) is 11.6 Å². The van der Waals surface area contributed by atoms with Crippen LogP contribution in [0.3, 0.4) is 0 Å². The first kappa shape index (κ1) is 14.8. The van der Waals surface area contributed by atoms with Crippen LogP contribution in [0.4, 0.5) is 10.1 Å². The minimum absolute atomic E-state index is 0.0128. The third kappa shape index (κ3) is 2.77. The smallest absolute Gasteiger partial charge is 0.250 e. The molecule has 1 N–H and O–H groups in total. The molecule has 4 nitrogen and oxygen atoms in total. The van der Waals surface area contributed by atoms with Crippen molar-refractivity contribution in [2.24, 2.45) is 5.92 Å². The van der Waals surface area contributed by atoms with Crippen LogP contribution in [0.25, 0.3) is 0 Å². The summed E-state index contributed by atoms with van der Waals surface area (Å²) < 4.78 is 13.5. The van der Waals surface area contributed by atoms with Crippen molar-refractivity contribution in [1.82, 2.24) is 5.32 Å². The van der Waals surface area contributed by atoms with Crippen LogP contribution in [0, 0.1) is 11.7 Å². The summed E-state index contributed by atoms with van der Waals surface area (Å²) in [6.45, 7) is 3.74. The summed E-state index contributed by atoms with van der Waals surface area (Å²) in [5.41, 5.74) is 0.347. The maximum absolute atomic E-state index is 13.5. The lowest BCUT2D eigenvalue weighted by atomic mass is 9.96. The van der Waals surface area contributed by atoms with E-state index in [1.807, 2.05) is 13.8 Å². The summed E-state index contributed by atoms with van der Waals surface area (Å²) in [4.78, 5) is 25.5. The van der Waals surface area contributed by atoms with Gasteiger partial charge in [0.05, 0.1) is 5.02 Å². The maximum atomic E-state index is 13.5. The largest absolute Gasteiger partial charge is 0.342 e. The predicted molar refractivity (Wildman–Crippen MR) is 75.1 cm³/mol. The molecule has 0 spiro atoms. The minimum Gasteiger partial charge on any atom is -0.342 e. The number of piperazine rings is 1. The molecule has 0 bridgehead atoms. The molecule has 2 amide bonds. The van der Waals surface area contributed by atoms with Crippen molar-refractivity contribution in [3.8, 4) is 0 Å². The Hall–Kier alpha value is -1.62. The van der Waals surface area contributed by atoms with E-state index < -0.39 is 11.9 Å². The number of hydrogen-bond acceptors (Lipinski definition) is 2. The third-order valence-electron chi connectivity index (χ3n) is 3.58. The quantitative estimate of drug-likeness (QED) is 0.931. The molecule has 1 aliphatic rings. The van der Waals surface area contributed by atoms with Crippen molar-refractivity contribution in [1.29, 1.82) is 0 Å². The Balaban J connectivity index is 2.32. The molecule has 6 heteroatoms. The standard InChI is InChI=1S/C14H16ClFN2O2/c1-3-8(2)13-14(20)18(7-12(19)17-13)9-4-5-10(15)11(16)6-9/h4-6,8,13H,3,7H2,1-2H3,(H,17,19). The van der Waals surface area contributed by atoms with Crippen LogP contribution in [-0.2, 0) is 9.59 Å². The molecule has 1 aliphatic heterocycles. The maximum Gasteiger partial charge on any atom is 0.250 e. The Morgan fingerprint density at radius 3 is 2.80 bits per heavy atom. The summed E-state index contributed by atoms with van der Waals surface area (Å²) >= 11 is 5.63. The van der Waals surface area contributed by atoms with Crippen molar-refractivity contribution >= 4 is 29.1 Å². The van der Waals surface area contributed by atoms with Crippen molar-refractivity contribution in [2.45, 2.75) is 26.3 Å². The number of anilines is 1. The van der Waals surface area contributed by atoms with Crippen LogP contribution in [0.2, 0.25) is 5.02 Å². The van der Waals surface area contributed by atoms with Crippen molar-refractivity contribution in [3.63, 3.8) is 0 Å². The first-order valence-electron chi connectivity index (χ1n) is 6.49. The highest BCUT2D eigenvalue weighted by atomic mass is 35.5. The van der Waals surface area contributed by atoms with E-state index in [2.05, 4.69) is 5.32 Å². The van der Waals surface area contributed by atoms with Crippen LogP contribution >= 0.6 is 11.6 Å². The van der Waals surface area contributed by atoms with Crippen LogP contribution < -0.4 is 10.2 Å². The highest BCUT2D eigenvalue weighted by Gasteiger charge is 2.36. The average molecular weight is 299 g/mol. The van der Waals surface area contributed by atoms with Crippen LogP contribution in [0.15, 0.2) is 18.2 Å². The number of rotatable bonds is 3. The molecule has 0 aliphatic carbocycles. The highest BCUT2D eigenvalue weighted by molar-refractivity contribution is 6.30. The van der Waals surface area contributed by atoms with Gasteiger partial charge in [0.1, 0.15) is 18.4 Å². The summed E-state index contributed by atoms with van der Waals surface area (Å²) in [5, 5.41) is 2.68. The zero-order chi connectivity index (χ0) is 14.9. The fourth-order valence-electron chi connectivity index (χ4n) is 2.16. The van der Waals surface area contributed by atoms with E-state index in [1.165, 1.54) is 23.1 Å². The number of halogens is 2. The molecule has 1 fully saturated rings. The second-order valence-corrected chi connectivity index (χ2v) is 5.36. The van der Waals surface area contributed by atoms with E-state index >= 15 is 0 Å². The van der Waals surface area contributed by atoms with Crippen LogP contribution in [0.5, 0.6) is 0 Å². The Morgan fingerprint density at radius 1 is 1.50 bits per heavy atom. The zero-order valence-corrected chi connectivity index (χ0v) is 12.1. The van der Waals surface area contributed by atoms with Crippen molar-refractivity contribution < 1.29 is 14.0 Å².